The van der Waals surface area contributed by atoms with Crippen LogP contribution in [-0.4, -0.2) is 22.1 Å². The van der Waals surface area contributed by atoms with E-state index in [1.165, 1.54) is 6.20 Å². The maximum Gasteiger partial charge on any atom is 0.417 e. The minimum atomic E-state index is -4.53. The number of carbonyl (C=O) groups excluding carboxylic acids is 1. The second-order valence-electron chi connectivity index (χ2n) is 5.83. The van der Waals surface area contributed by atoms with E-state index in [0.29, 0.717) is 17.2 Å². The molecule has 0 saturated carbocycles. The van der Waals surface area contributed by atoms with Gasteiger partial charge in [-0.25, -0.2) is 4.98 Å². The summed E-state index contributed by atoms with van der Waals surface area (Å²) in [5.74, 6) is 0.722. The van der Waals surface area contributed by atoms with Crippen molar-refractivity contribution in [2.24, 2.45) is 0 Å². The third kappa shape index (κ3) is 3.50. The third-order valence-electron chi connectivity index (χ3n) is 3.88. The van der Waals surface area contributed by atoms with Crippen LogP contribution in [0, 0.1) is 0 Å². The molecule has 3 heterocycles. The Labute approximate surface area is 155 Å². The van der Waals surface area contributed by atoms with E-state index in [1.807, 2.05) is 0 Å². The number of amides is 1. The van der Waals surface area contributed by atoms with E-state index in [9.17, 15) is 18.0 Å². The number of rotatable bonds is 3. The van der Waals surface area contributed by atoms with E-state index in [4.69, 9.17) is 21.1 Å². The minimum absolute atomic E-state index is 0.120. The maximum atomic E-state index is 12.9. The molecule has 1 aromatic carbocycles. The number of hydrogen-bond acceptors (Lipinski definition) is 4. The zero-order valence-corrected chi connectivity index (χ0v) is 14.3. The molecule has 1 N–H and O–H groups in total. The van der Waals surface area contributed by atoms with E-state index in [1.54, 1.807) is 18.2 Å². The van der Waals surface area contributed by atoms with Gasteiger partial charge in [0.15, 0.2) is 17.1 Å². The number of carbonyl (C=O) groups is 1. The summed E-state index contributed by atoms with van der Waals surface area (Å²) in [7, 11) is 0. The van der Waals surface area contributed by atoms with Gasteiger partial charge in [0, 0.05) is 24.1 Å². The lowest BCUT2D eigenvalue weighted by Gasteiger charge is -2.07. The number of nitrogens with one attached hydrogen (secondary N) is 1. The summed E-state index contributed by atoms with van der Waals surface area (Å²) in [6, 6.07) is 5.75. The van der Waals surface area contributed by atoms with Gasteiger partial charge >= 0.3 is 6.18 Å². The number of imidazole rings is 1. The van der Waals surface area contributed by atoms with Gasteiger partial charge in [-0.15, -0.1) is 0 Å². The molecule has 0 saturated heterocycles. The van der Waals surface area contributed by atoms with E-state index in [0.717, 1.165) is 16.7 Å². The number of anilines is 1. The minimum Gasteiger partial charge on any atom is -0.454 e. The number of alkyl halides is 3. The molecular formula is C17H11ClF3N3O3. The third-order valence-corrected chi connectivity index (χ3v) is 4.16. The molecule has 1 amide bonds. The maximum absolute atomic E-state index is 12.9. The highest BCUT2D eigenvalue weighted by Crippen LogP contribution is 2.34. The Bertz CT molecular complexity index is 1050. The number of ether oxygens (including phenoxy) is 2. The molecule has 0 atom stereocenters. The first-order valence-corrected chi connectivity index (χ1v) is 8.11. The molecule has 27 heavy (non-hydrogen) atoms. The van der Waals surface area contributed by atoms with Crippen LogP contribution >= 0.6 is 11.6 Å². The summed E-state index contributed by atoms with van der Waals surface area (Å²) in [5, 5.41) is 2.53. The van der Waals surface area contributed by atoms with Crippen molar-refractivity contribution in [2.45, 2.75) is 12.6 Å². The van der Waals surface area contributed by atoms with Crippen molar-refractivity contribution in [3.63, 3.8) is 0 Å². The normalized spacial score (nSPS) is 13.2. The molecule has 0 bridgehead atoms. The summed E-state index contributed by atoms with van der Waals surface area (Å²) < 4.78 is 50.2. The summed E-state index contributed by atoms with van der Waals surface area (Å²) in [4.78, 5) is 16.4. The van der Waals surface area contributed by atoms with Crippen LogP contribution in [0.5, 0.6) is 11.5 Å². The zero-order chi connectivity index (χ0) is 19.2. The van der Waals surface area contributed by atoms with Crippen LogP contribution in [0.25, 0.3) is 5.65 Å². The van der Waals surface area contributed by atoms with Crippen LogP contribution in [0.1, 0.15) is 11.3 Å². The van der Waals surface area contributed by atoms with Crippen LogP contribution in [0.15, 0.2) is 36.7 Å². The Balaban J connectivity index is 1.53. The molecule has 0 radical (unpaired) electrons. The highest BCUT2D eigenvalue weighted by Gasteiger charge is 2.32. The first kappa shape index (κ1) is 17.5. The molecule has 10 heteroatoms. The zero-order valence-electron chi connectivity index (χ0n) is 13.5. The Morgan fingerprint density at radius 2 is 2.00 bits per heavy atom. The molecule has 0 unspecified atom stereocenters. The lowest BCUT2D eigenvalue weighted by atomic mass is 10.2. The molecule has 140 valence electrons. The van der Waals surface area contributed by atoms with E-state index in [-0.39, 0.29) is 35.5 Å². The Hall–Kier alpha value is -2.94. The van der Waals surface area contributed by atoms with E-state index >= 15 is 0 Å². The number of pyridine rings is 1. The second kappa shape index (κ2) is 6.34. The standard InChI is InChI=1S/C17H11ClF3N3O3/c18-12-3-9(17(19,20)21)6-24-7-11(23-16(12)24)5-15(25)22-10-1-2-13-14(4-10)27-8-26-13/h1-4,6-7H,5,8H2,(H,22,25). The van der Waals surface area contributed by atoms with Crippen LogP contribution in [0.2, 0.25) is 5.02 Å². The SMILES string of the molecule is O=C(Cc1cn2cc(C(F)(F)F)cc(Cl)c2n1)Nc1ccc2c(c1)OCO2. The molecule has 2 aromatic heterocycles. The molecule has 0 aliphatic carbocycles. The first-order chi connectivity index (χ1) is 12.8. The fraction of sp³-hybridized carbons (Fsp3) is 0.176. The summed E-state index contributed by atoms with van der Waals surface area (Å²) in [6.07, 6.45) is -2.43. The average Bonchev–Trinajstić information content (AvgIpc) is 3.19. The average molecular weight is 398 g/mol. The molecule has 4 rings (SSSR count). The predicted molar refractivity (Wildman–Crippen MR) is 90.1 cm³/mol. The lowest BCUT2D eigenvalue weighted by molar-refractivity contribution is -0.137. The summed E-state index contributed by atoms with van der Waals surface area (Å²) in [5.41, 5.74) is 0.0455. The molecule has 1 aliphatic rings. The number of fused-ring (bicyclic) bond motifs is 2. The van der Waals surface area contributed by atoms with E-state index < -0.39 is 11.7 Å². The first-order valence-electron chi connectivity index (χ1n) is 7.73. The van der Waals surface area contributed by atoms with Gasteiger partial charge in [0.1, 0.15) is 0 Å². The van der Waals surface area contributed by atoms with Crippen molar-refractivity contribution in [1.29, 1.82) is 0 Å². The smallest absolute Gasteiger partial charge is 0.417 e. The molecular weight excluding hydrogens is 387 g/mol. The number of hydrogen-bond donors (Lipinski definition) is 1. The fourth-order valence-electron chi connectivity index (χ4n) is 2.69. The van der Waals surface area contributed by atoms with Crippen molar-refractivity contribution < 1.29 is 27.4 Å². The monoisotopic (exact) mass is 397 g/mol. The van der Waals surface area contributed by atoms with Gasteiger partial charge in [-0.2, -0.15) is 13.2 Å². The largest absolute Gasteiger partial charge is 0.454 e. The molecule has 6 nitrogen and oxygen atoms in total. The van der Waals surface area contributed by atoms with Crippen LogP contribution in [0.3, 0.4) is 0 Å². The quantitative estimate of drug-likeness (QED) is 0.727. The summed E-state index contributed by atoms with van der Waals surface area (Å²) in [6.45, 7) is 0.120. The fourth-order valence-corrected chi connectivity index (χ4v) is 2.95. The van der Waals surface area contributed by atoms with Crippen LogP contribution in [-0.2, 0) is 17.4 Å². The Kier molecular flexibility index (Phi) is 4.11. The number of aromatic nitrogens is 2. The van der Waals surface area contributed by atoms with Gasteiger partial charge in [0.25, 0.3) is 0 Å². The van der Waals surface area contributed by atoms with Crippen molar-refractivity contribution in [3.8, 4) is 11.5 Å². The number of halogens is 4. The predicted octanol–water partition coefficient (Wildman–Crippen LogP) is 3.92. The highest BCUT2D eigenvalue weighted by molar-refractivity contribution is 6.33. The van der Waals surface area contributed by atoms with Crippen LogP contribution in [0.4, 0.5) is 18.9 Å². The molecule has 3 aromatic rings. The summed E-state index contributed by atoms with van der Waals surface area (Å²) >= 11 is 5.89. The molecule has 1 aliphatic heterocycles. The van der Waals surface area contributed by atoms with Gasteiger partial charge in [-0.1, -0.05) is 11.6 Å². The van der Waals surface area contributed by atoms with Crippen molar-refractivity contribution in [3.05, 3.63) is 52.9 Å². The van der Waals surface area contributed by atoms with Gasteiger partial charge in [0.2, 0.25) is 12.7 Å². The Morgan fingerprint density at radius 1 is 1.22 bits per heavy atom. The lowest BCUT2D eigenvalue weighted by Crippen LogP contribution is -2.14. The van der Waals surface area contributed by atoms with Gasteiger partial charge in [-0.05, 0) is 18.2 Å². The molecule has 0 fully saturated rings. The Morgan fingerprint density at radius 3 is 2.78 bits per heavy atom. The molecule has 0 spiro atoms. The van der Waals surface area contributed by atoms with Crippen molar-refractivity contribution >= 4 is 28.8 Å². The van der Waals surface area contributed by atoms with Crippen molar-refractivity contribution in [1.82, 2.24) is 9.38 Å². The van der Waals surface area contributed by atoms with E-state index in [2.05, 4.69) is 10.3 Å². The van der Waals surface area contributed by atoms with Gasteiger partial charge in [-0.3, -0.25) is 4.79 Å². The van der Waals surface area contributed by atoms with Crippen LogP contribution < -0.4 is 14.8 Å². The van der Waals surface area contributed by atoms with Crippen molar-refractivity contribution in [2.75, 3.05) is 12.1 Å². The number of nitrogens with zero attached hydrogens (tertiary/aromatic N) is 2. The second-order valence-corrected chi connectivity index (χ2v) is 6.24. The number of benzene rings is 1. The van der Waals surface area contributed by atoms with Gasteiger partial charge in [0.05, 0.1) is 22.7 Å². The van der Waals surface area contributed by atoms with Gasteiger partial charge < -0.3 is 19.2 Å². The topological polar surface area (TPSA) is 64.9 Å². The highest BCUT2D eigenvalue weighted by atomic mass is 35.5.